The van der Waals surface area contributed by atoms with Gasteiger partial charge in [-0.15, -0.1) is 0 Å². The van der Waals surface area contributed by atoms with Gasteiger partial charge in [-0.25, -0.2) is 4.79 Å². The first-order valence-corrected chi connectivity index (χ1v) is 8.58. The first-order valence-electron chi connectivity index (χ1n) is 8.58. The van der Waals surface area contributed by atoms with Crippen LogP contribution in [0.15, 0.2) is 24.3 Å². The second kappa shape index (κ2) is 7.02. The molecule has 5 nitrogen and oxygen atoms in total. The maximum absolute atomic E-state index is 12.2. The van der Waals surface area contributed by atoms with Gasteiger partial charge in [0.25, 0.3) is 0 Å². The Bertz CT molecular complexity index is 581. The quantitative estimate of drug-likeness (QED) is 0.901. The van der Waals surface area contributed by atoms with Gasteiger partial charge in [-0.05, 0) is 44.2 Å². The minimum Gasteiger partial charge on any atom is -0.359 e. The molecule has 0 saturated heterocycles. The second-order valence-electron chi connectivity index (χ2n) is 6.65. The number of amides is 3. The van der Waals surface area contributed by atoms with Crippen molar-refractivity contribution in [3.8, 4) is 0 Å². The predicted octanol–water partition coefficient (Wildman–Crippen LogP) is 2.60. The Morgan fingerprint density at radius 3 is 2.70 bits per heavy atom. The lowest BCUT2D eigenvalue weighted by molar-refractivity contribution is -0.118. The second-order valence-corrected chi connectivity index (χ2v) is 6.65. The third-order valence-corrected chi connectivity index (χ3v) is 4.92. The Kier molecular flexibility index (Phi) is 4.84. The molecule has 1 aromatic carbocycles. The van der Waals surface area contributed by atoms with E-state index in [1.807, 2.05) is 12.1 Å². The van der Waals surface area contributed by atoms with E-state index >= 15 is 0 Å². The van der Waals surface area contributed by atoms with Crippen molar-refractivity contribution in [2.24, 2.45) is 0 Å². The molecule has 1 atom stereocenters. The molecule has 1 heterocycles. The minimum atomic E-state index is -0.361. The van der Waals surface area contributed by atoms with Gasteiger partial charge in [-0.2, -0.15) is 0 Å². The number of nitrogens with one attached hydrogen (secondary N) is 2. The van der Waals surface area contributed by atoms with Crippen LogP contribution in [0.25, 0.3) is 0 Å². The molecule has 23 heavy (non-hydrogen) atoms. The summed E-state index contributed by atoms with van der Waals surface area (Å²) in [5.74, 6) is -0.246. The predicted molar refractivity (Wildman–Crippen MR) is 90.5 cm³/mol. The SMILES string of the molecule is C[C@@H]1CCc2ccccc2N1CC(=O)NC(=O)NC1CCCC1. The van der Waals surface area contributed by atoms with Crippen LogP contribution in [-0.2, 0) is 11.2 Å². The van der Waals surface area contributed by atoms with Gasteiger partial charge >= 0.3 is 6.03 Å². The van der Waals surface area contributed by atoms with Gasteiger partial charge in [0.15, 0.2) is 0 Å². The molecular weight excluding hydrogens is 290 g/mol. The number of nitrogens with zero attached hydrogens (tertiary/aromatic N) is 1. The minimum absolute atomic E-state index is 0.219. The molecule has 1 aliphatic carbocycles. The zero-order valence-electron chi connectivity index (χ0n) is 13.7. The van der Waals surface area contributed by atoms with Gasteiger partial charge < -0.3 is 10.2 Å². The van der Waals surface area contributed by atoms with E-state index in [2.05, 4.69) is 34.6 Å². The number of imide groups is 1. The number of carbonyl (C=O) groups is 2. The van der Waals surface area contributed by atoms with Crippen LogP contribution in [-0.4, -0.2) is 30.6 Å². The number of para-hydroxylation sites is 1. The zero-order valence-corrected chi connectivity index (χ0v) is 13.7. The Morgan fingerprint density at radius 2 is 1.91 bits per heavy atom. The fourth-order valence-electron chi connectivity index (χ4n) is 3.61. The summed E-state index contributed by atoms with van der Waals surface area (Å²) in [6.45, 7) is 2.35. The van der Waals surface area contributed by atoms with Crippen LogP contribution in [0, 0.1) is 0 Å². The van der Waals surface area contributed by atoms with E-state index < -0.39 is 0 Å². The molecule has 0 unspecified atom stereocenters. The van der Waals surface area contributed by atoms with Crippen molar-refractivity contribution in [3.05, 3.63) is 29.8 Å². The number of hydrogen-bond acceptors (Lipinski definition) is 3. The Labute approximate surface area is 137 Å². The first kappa shape index (κ1) is 15.8. The monoisotopic (exact) mass is 315 g/mol. The van der Waals surface area contributed by atoms with Crippen LogP contribution in [0.3, 0.4) is 0 Å². The maximum Gasteiger partial charge on any atom is 0.321 e. The summed E-state index contributed by atoms with van der Waals surface area (Å²) < 4.78 is 0. The van der Waals surface area contributed by atoms with Crippen molar-refractivity contribution in [1.29, 1.82) is 0 Å². The van der Waals surface area contributed by atoms with Crippen molar-refractivity contribution in [2.45, 2.75) is 57.5 Å². The highest BCUT2D eigenvalue weighted by Crippen LogP contribution is 2.29. The first-order chi connectivity index (χ1) is 11.1. The topological polar surface area (TPSA) is 61.4 Å². The van der Waals surface area contributed by atoms with Crippen LogP contribution in [0.2, 0.25) is 0 Å². The molecule has 5 heteroatoms. The molecule has 124 valence electrons. The summed E-state index contributed by atoms with van der Waals surface area (Å²) in [4.78, 5) is 26.2. The van der Waals surface area contributed by atoms with E-state index in [1.165, 1.54) is 5.56 Å². The van der Waals surface area contributed by atoms with E-state index in [9.17, 15) is 9.59 Å². The standard InChI is InChI=1S/C18H25N3O2/c1-13-10-11-14-6-2-5-9-16(14)21(13)12-17(22)20-18(23)19-15-7-3-4-8-15/h2,5-6,9,13,15H,3-4,7-8,10-12H2,1H3,(H2,19,20,22,23)/t13-/m1/s1. The molecule has 2 N–H and O–H groups in total. The van der Waals surface area contributed by atoms with E-state index in [1.54, 1.807) is 0 Å². The van der Waals surface area contributed by atoms with Gasteiger partial charge in [-0.1, -0.05) is 31.0 Å². The molecule has 1 fully saturated rings. The van der Waals surface area contributed by atoms with E-state index in [0.29, 0.717) is 6.04 Å². The summed E-state index contributed by atoms with van der Waals surface area (Å²) in [6, 6.07) is 8.35. The molecule has 2 aliphatic rings. The number of hydrogen-bond donors (Lipinski definition) is 2. The molecule has 3 rings (SSSR count). The summed E-state index contributed by atoms with van der Waals surface area (Å²) in [6.07, 6.45) is 6.40. The highest BCUT2D eigenvalue weighted by atomic mass is 16.2. The fraction of sp³-hybridized carbons (Fsp3) is 0.556. The Morgan fingerprint density at radius 1 is 1.17 bits per heavy atom. The summed E-state index contributed by atoms with van der Waals surface area (Å²) >= 11 is 0. The maximum atomic E-state index is 12.2. The Balaban J connectivity index is 1.57. The third kappa shape index (κ3) is 3.84. The van der Waals surface area contributed by atoms with Gasteiger partial charge in [0, 0.05) is 17.8 Å². The van der Waals surface area contributed by atoms with Crippen molar-refractivity contribution in [3.63, 3.8) is 0 Å². The molecular formula is C18H25N3O2. The zero-order chi connectivity index (χ0) is 16.2. The van der Waals surface area contributed by atoms with Crippen LogP contribution in [0.5, 0.6) is 0 Å². The molecule has 3 amide bonds. The molecule has 1 aromatic rings. The normalized spacial score (nSPS) is 20.9. The number of benzene rings is 1. The van der Waals surface area contributed by atoms with Gasteiger partial charge in [0.05, 0.1) is 6.54 Å². The average molecular weight is 315 g/mol. The van der Waals surface area contributed by atoms with Crippen LogP contribution in [0.1, 0.15) is 44.6 Å². The molecule has 0 bridgehead atoms. The van der Waals surface area contributed by atoms with Crippen molar-refractivity contribution in [2.75, 3.05) is 11.4 Å². The number of anilines is 1. The summed E-state index contributed by atoms with van der Waals surface area (Å²) in [5, 5.41) is 5.36. The molecule has 0 aromatic heterocycles. The number of fused-ring (bicyclic) bond motifs is 1. The highest BCUT2D eigenvalue weighted by molar-refractivity contribution is 5.96. The van der Waals surface area contributed by atoms with E-state index in [4.69, 9.17) is 0 Å². The summed E-state index contributed by atoms with van der Waals surface area (Å²) in [7, 11) is 0. The number of urea groups is 1. The van der Waals surface area contributed by atoms with Gasteiger partial charge in [0.2, 0.25) is 5.91 Å². The number of carbonyl (C=O) groups excluding carboxylic acids is 2. The molecule has 1 aliphatic heterocycles. The number of rotatable bonds is 3. The lowest BCUT2D eigenvalue weighted by Crippen LogP contribution is -2.49. The molecule has 1 saturated carbocycles. The van der Waals surface area contributed by atoms with Crippen LogP contribution in [0.4, 0.5) is 10.5 Å². The van der Waals surface area contributed by atoms with Gasteiger partial charge in [0.1, 0.15) is 0 Å². The Hall–Kier alpha value is -2.04. The lowest BCUT2D eigenvalue weighted by Gasteiger charge is -2.36. The van der Waals surface area contributed by atoms with E-state index in [0.717, 1.165) is 44.2 Å². The molecule has 0 spiro atoms. The third-order valence-electron chi connectivity index (χ3n) is 4.92. The lowest BCUT2D eigenvalue weighted by atomic mass is 9.97. The smallest absolute Gasteiger partial charge is 0.321 e. The largest absolute Gasteiger partial charge is 0.359 e. The van der Waals surface area contributed by atoms with Crippen molar-refractivity contribution in [1.82, 2.24) is 10.6 Å². The van der Waals surface area contributed by atoms with Crippen LogP contribution >= 0.6 is 0 Å². The van der Waals surface area contributed by atoms with Gasteiger partial charge in [-0.3, -0.25) is 10.1 Å². The van der Waals surface area contributed by atoms with E-state index in [-0.39, 0.29) is 24.5 Å². The van der Waals surface area contributed by atoms with Crippen LogP contribution < -0.4 is 15.5 Å². The van der Waals surface area contributed by atoms with Crippen molar-refractivity contribution < 1.29 is 9.59 Å². The van der Waals surface area contributed by atoms with Crippen molar-refractivity contribution >= 4 is 17.6 Å². The average Bonchev–Trinajstić information content (AvgIpc) is 3.03. The summed E-state index contributed by atoms with van der Waals surface area (Å²) in [5.41, 5.74) is 2.38. The molecule has 0 radical (unpaired) electrons. The number of aryl methyl sites for hydroxylation is 1. The highest BCUT2D eigenvalue weighted by Gasteiger charge is 2.25. The fourth-order valence-corrected chi connectivity index (χ4v) is 3.61.